The third kappa shape index (κ3) is 5.12. The number of rotatable bonds is 4. The van der Waals surface area contributed by atoms with Gasteiger partial charge in [-0.05, 0) is 42.5 Å². The Bertz CT molecular complexity index is 1160. The monoisotopic (exact) mass is 494 g/mol. The van der Waals surface area contributed by atoms with E-state index in [0.717, 1.165) is 28.2 Å². The molecule has 4 nitrogen and oxygen atoms in total. The molecule has 0 atom stereocenters. The van der Waals surface area contributed by atoms with Gasteiger partial charge in [-0.1, -0.05) is 39.7 Å². The van der Waals surface area contributed by atoms with Crippen LogP contribution >= 0.6 is 27.5 Å². The molecule has 2 aromatic carbocycles. The van der Waals surface area contributed by atoms with Crippen LogP contribution in [0, 0.1) is 11.3 Å². The first-order chi connectivity index (χ1) is 14.2. The summed E-state index contributed by atoms with van der Waals surface area (Å²) in [7, 11) is 0. The van der Waals surface area contributed by atoms with Crippen LogP contribution in [0.25, 0.3) is 17.4 Å². The minimum absolute atomic E-state index is 0.0224. The summed E-state index contributed by atoms with van der Waals surface area (Å²) in [6.07, 6.45) is -3.37. The van der Waals surface area contributed by atoms with Crippen LogP contribution in [0.3, 0.4) is 0 Å². The van der Waals surface area contributed by atoms with Gasteiger partial charge in [0.15, 0.2) is 0 Å². The number of nitrogens with one attached hydrogen (secondary N) is 1. The Morgan fingerprint density at radius 3 is 2.43 bits per heavy atom. The summed E-state index contributed by atoms with van der Waals surface area (Å²) < 4.78 is 44.9. The highest BCUT2D eigenvalue weighted by Gasteiger charge is 2.33. The first-order valence-electron chi connectivity index (χ1n) is 8.33. The van der Waals surface area contributed by atoms with Crippen molar-refractivity contribution in [1.29, 1.82) is 5.26 Å². The molecule has 3 aromatic rings. The molecule has 1 N–H and O–H groups in total. The van der Waals surface area contributed by atoms with Gasteiger partial charge >= 0.3 is 6.18 Å². The quantitative estimate of drug-likeness (QED) is 0.315. The summed E-state index contributed by atoms with van der Waals surface area (Å²) in [4.78, 5) is 12.3. The lowest BCUT2D eigenvalue weighted by Gasteiger charge is -2.10. The Morgan fingerprint density at radius 2 is 1.83 bits per heavy atom. The highest BCUT2D eigenvalue weighted by atomic mass is 79.9. The number of carbonyl (C=O) groups excluding carboxylic acids is 1. The van der Waals surface area contributed by atoms with Crippen LogP contribution in [0.15, 0.2) is 69.1 Å². The SMILES string of the molecule is N#C/C(=C\c1ccc(-c2ccc(Br)cc2)o1)C(=O)Nc1ccc(C(F)(F)F)c(Cl)c1. The van der Waals surface area contributed by atoms with Gasteiger partial charge in [0.25, 0.3) is 5.91 Å². The summed E-state index contributed by atoms with van der Waals surface area (Å²) in [5, 5.41) is 11.1. The third-order valence-corrected chi connectivity index (χ3v) is 4.78. The normalized spacial score (nSPS) is 11.8. The number of benzene rings is 2. The molecule has 1 aromatic heterocycles. The first kappa shape index (κ1) is 21.7. The van der Waals surface area contributed by atoms with Crippen molar-refractivity contribution >= 4 is 45.2 Å². The summed E-state index contributed by atoms with van der Waals surface area (Å²) in [6.45, 7) is 0. The van der Waals surface area contributed by atoms with Crippen molar-refractivity contribution in [2.45, 2.75) is 6.18 Å². The molecule has 152 valence electrons. The van der Waals surface area contributed by atoms with Crippen LogP contribution < -0.4 is 5.32 Å². The molecule has 0 spiro atoms. The van der Waals surface area contributed by atoms with Gasteiger partial charge in [0.05, 0.1) is 10.6 Å². The molecule has 1 heterocycles. The van der Waals surface area contributed by atoms with Gasteiger partial charge in [-0.3, -0.25) is 4.79 Å². The largest absolute Gasteiger partial charge is 0.457 e. The Hall–Kier alpha value is -3.02. The van der Waals surface area contributed by atoms with E-state index in [1.165, 1.54) is 6.08 Å². The van der Waals surface area contributed by atoms with E-state index < -0.39 is 22.7 Å². The third-order valence-electron chi connectivity index (χ3n) is 3.94. The first-order valence-corrected chi connectivity index (χ1v) is 9.50. The maximum Gasteiger partial charge on any atom is 0.417 e. The highest BCUT2D eigenvalue weighted by molar-refractivity contribution is 9.10. The Kier molecular flexibility index (Phi) is 6.34. The molecular formula is C21H11BrClF3N2O2. The molecular weight excluding hydrogens is 485 g/mol. The number of hydrogen-bond donors (Lipinski definition) is 1. The highest BCUT2D eigenvalue weighted by Crippen LogP contribution is 2.36. The zero-order valence-electron chi connectivity index (χ0n) is 14.9. The molecule has 0 aliphatic rings. The fourth-order valence-electron chi connectivity index (χ4n) is 2.51. The van der Waals surface area contributed by atoms with E-state index in [1.807, 2.05) is 24.3 Å². The van der Waals surface area contributed by atoms with Crippen LogP contribution in [0.5, 0.6) is 0 Å². The van der Waals surface area contributed by atoms with E-state index in [1.54, 1.807) is 18.2 Å². The minimum atomic E-state index is -4.61. The molecule has 0 bridgehead atoms. The van der Waals surface area contributed by atoms with E-state index in [2.05, 4.69) is 21.2 Å². The van der Waals surface area contributed by atoms with E-state index in [-0.39, 0.29) is 17.0 Å². The molecule has 0 saturated carbocycles. The van der Waals surface area contributed by atoms with Crippen LogP contribution in [0.2, 0.25) is 5.02 Å². The molecule has 0 aliphatic heterocycles. The molecule has 0 aliphatic carbocycles. The maximum atomic E-state index is 12.8. The van der Waals surface area contributed by atoms with Crippen LogP contribution in [0.4, 0.5) is 18.9 Å². The lowest BCUT2D eigenvalue weighted by molar-refractivity contribution is -0.137. The van der Waals surface area contributed by atoms with Crippen molar-refractivity contribution in [2.75, 3.05) is 5.32 Å². The van der Waals surface area contributed by atoms with E-state index in [0.29, 0.717) is 5.76 Å². The molecule has 3 rings (SSSR count). The van der Waals surface area contributed by atoms with E-state index in [9.17, 15) is 23.2 Å². The van der Waals surface area contributed by atoms with Gasteiger partial charge in [-0.25, -0.2) is 0 Å². The summed E-state index contributed by atoms with van der Waals surface area (Å²) >= 11 is 8.98. The van der Waals surface area contributed by atoms with E-state index >= 15 is 0 Å². The molecule has 0 fully saturated rings. The lowest BCUT2D eigenvalue weighted by atomic mass is 10.1. The molecule has 0 unspecified atom stereocenters. The predicted molar refractivity (Wildman–Crippen MR) is 111 cm³/mol. The number of halogens is 5. The zero-order chi connectivity index (χ0) is 21.9. The van der Waals surface area contributed by atoms with Crippen molar-refractivity contribution in [3.8, 4) is 17.4 Å². The molecule has 9 heteroatoms. The second-order valence-corrected chi connectivity index (χ2v) is 7.35. The van der Waals surface area contributed by atoms with Crippen LogP contribution in [-0.2, 0) is 11.0 Å². The lowest BCUT2D eigenvalue weighted by Crippen LogP contribution is -2.14. The van der Waals surface area contributed by atoms with Crippen molar-refractivity contribution in [3.63, 3.8) is 0 Å². The molecule has 0 saturated heterocycles. The minimum Gasteiger partial charge on any atom is -0.457 e. The smallest absolute Gasteiger partial charge is 0.417 e. The van der Waals surface area contributed by atoms with Crippen molar-refractivity contribution < 1.29 is 22.4 Å². The molecule has 30 heavy (non-hydrogen) atoms. The van der Waals surface area contributed by atoms with Gasteiger partial charge in [-0.2, -0.15) is 18.4 Å². The topological polar surface area (TPSA) is 66.0 Å². The predicted octanol–water partition coefficient (Wildman–Crippen LogP) is 6.93. The van der Waals surface area contributed by atoms with Crippen molar-refractivity contribution in [3.05, 3.63) is 81.0 Å². The zero-order valence-corrected chi connectivity index (χ0v) is 17.3. The average Bonchev–Trinajstić information content (AvgIpc) is 3.14. The standard InChI is InChI=1S/C21H11BrClF3N2O2/c22-14-3-1-12(2-4-14)19-8-6-16(30-19)9-13(11-27)20(29)28-15-5-7-17(18(23)10-15)21(24,25)26/h1-10H,(H,28,29)/b13-9+. The van der Waals surface area contributed by atoms with Crippen molar-refractivity contribution in [1.82, 2.24) is 0 Å². The summed E-state index contributed by atoms with van der Waals surface area (Å²) in [5.74, 6) is 0.000886. The van der Waals surface area contributed by atoms with Crippen LogP contribution in [0.1, 0.15) is 11.3 Å². The summed E-state index contributed by atoms with van der Waals surface area (Å²) in [6, 6.07) is 15.2. The van der Waals surface area contributed by atoms with Crippen LogP contribution in [-0.4, -0.2) is 5.91 Å². The number of carbonyl (C=O) groups is 1. The summed E-state index contributed by atoms with van der Waals surface area (Å²) in [5.41, 5.74) is -0.480. The maximum absolute atomic E-state index is 12.8. The van der Waals surface area contributed by atoms with Gasteiger partial charge in [0.1, 0.15) is 23.2 Å². The van der Waals surface area contributed by atoms with Gasteiger partial charge in [0, 0.05) is 21.8 Å². The Labute approximate surface area is 182 Å². The molecule has 1 amide bonds. The Morgan fingerprint density at radius 1 is 1.13 bits per heavy atom. The Balaban J connectivity index is 1.78. The molecule has 0 radical (unpaired) electrons. The second-order valence-electron chi connectivity index (χ2n) is 6.03. The van der Waals surface area contributed by atoms with Crippen molar-refractivity contribution in [2.24, 2.45) is 0 Å². The second kappa shape index (κ2) is 8.78. The number of alkyl halides is 3. The number of hydrogen-bond acceptors (Lipinski definition) is 3. The van der Waals surface area contributed by atoms with Gasteiger partial charge < -0.3 is 9.73 Å². The number of furan rings is 1. The average molecular weight is 496 g/mol. The fraction of sp³-hybridized carbons (Fsp3) is 0.0476. The van der Waals surface area contributed by atoms with Gasteiger partial charge in [-0.15, -0.1) is 0 Å². The number of amides is 1. The number of nitrogens with zero attached hydrogens (tertiary/aromatic N) is 1. The van der Waals surface area contributed by atoms with Gasteiger partial charge in [0.2, 0.25) is 0 Å². The number of nitriles is 1. The fourth-order valence-corrected chi connectivity index (χ4v) is 3.06. The van der Waals surface area contributed by atoms with E-state index in [4.69, 9.17) is 16.0 Å². The number of anilines is 1.